The summed E-state index contributed by atoms with van der Waals surface area (Å²) < 4.78 is 0. The molecule has 5 rings (SSSR count). The van der Waals surface area contributed by atoms with Crippen LogP contribution in [0.2, 0.25) is 5.02 Å². The number of aliphatic carboxylic acids is 1. The molecule has 0 radical (unpaired) electrons. The predicted molar refractivity (Wildman–Crippen MR) is 150 cm³/mol. The van der Waals surface area contributed by atoms with Gasteiger partial charge in [0.2, 0.25) is 0 Å². The molecular weight excluding hydrogens is 546 g/mol. The molecule has 2 saturated heterocycles. The highest BCUT2D eigenvalue weighted by Gasteiger charge is 2.27. The molecule has 10 nitrogen and oxygen atoms in total. The van der Waals surface area contributed by atoms with Gasteiger partial charge in [-0.2, -0.15) is 0 Å². The van der Waals surface area contributed by atoms with E-state index in [-0.39, 0.29) is 24.2 Å². The first-order valence-electron chi connectivity index (χ1n) is 12.6. The number of carbonyl (C=O) groups is 2. The van der Waals surface area contributed by atoms with Crippen LogP contribution in [0.15, 0.2) is 23.8 Å². The summed E-state index contributed by atoms with van der Waals surface area (Å²) in [6.07, 6.45) is 5.44. The second kappa shape index (κ2) is 11.6. The number of thiazole rings is 1. The van der Waals surface area contributed by atoms with Crippen molar-refractivity contribution in [3.63, 3.8) is 0 Å². The number of hydrogen-bond donors (Lipinski definition) is 2. The molecule has 0 saturated carbocycles. The quantitative estimate of drug-likeness (QED) is 0.409. The van der Waals surface area contributed by atoms with Gasteiger partial charge in [-0.1, -0.05) is 22.9 Å². The van der Waals surface area contributed by atoms with Crippen molar-refractivity contribution < 1.29 is 14.7 Å². The summed E-state index contributed by atoms with van der Waals surface area (Å²) in [5, 5.41) is 15.1. The third-order valence-electron chi connectivity index (χ3n) is 7.05. The minimum Gasteiger partial charge on any atom is -0.480 e. The normalized spacial score (nSPS) is 20.7. The van der Waals surface area contributed by atoms with Crippen LogP contribution in [0.4, 0.5) is 10.9 Å². The predicted octanol–water partition coefficient (Wildman–Crippen LogP) is 4.15. The third kappa shape index (κ3) is 6.15. The van der Waals surface area contributed by atoms with Crippen molar-refractivity contribution in [2.75, 3.05) is 42.9 Å². The van der Waals surface area contributed by atoms with Gasteiger partial charge in [-0.25, -0.2) is 15.0 Å². The molecule has 3 aromatic heterocycles. The van der Waals surface area contributed by atoms with E-state index in [1.54, 1.807) is 17.5 Å². The molecule has 1 amide bonds. The molecule has 2 aliphatic heterocycles. The van der Waals surface area contributed by atoms with Crippen LogP contribution in [0.1, 0.15) is 42.1 Å². The zero-order valence-electron chi connectivity index (χ0n) is 21.3. The fraction of sp³-hybridized carbons (Fsp3) is 0.480. The minimum absolute atomic E-state index is 0.0244. The molecule has 0 aromatic carbocycles. The van der Waals surface area contributed by atoms with Crippen molar-refractivity contribution in [3.05, 3.63) is 39.4 Å². The number of carboxylic acids is 1. The molecule has 3 aromatic rings. The zero-order chi connectivity index (χ0) is 26.8. The Morgan fingerprint density at radius 2 is 2.00 bits per heavy atom. The van der Waals surface area contributed by atoms with Gasteiger partial charge in [0, 0.05) is 48.5 Å². The van der Waals surface area contributed by atoms with Crippen LogP contribution in [-0.4, -0.2) is 86.5 Å². The largest absolute Gasteiger partial charge is 0.480 e. The summed E-state index contributed by atoms with van der Waals surface area (Å²) in [4.78, 5) is 46.2. The van der Waals surface area contributed by atoms with Crippen LogP contribution < -0.4 is 10.2 Å². The van der Waals surface area contributed by atoms with Crippen molar-refractivity contribution in [2.45, 2.75) is 45.3 Å². The van der Waals surface area contributed by atoms with Crippen LogP contribution in [0, 0.1) is 0 Å². The highest BCUT2D eigenvalue weighted by atomic mass is 35.5. The van der Waals surface area contributed by atoms with E-state index in [9.17, 15) is 9.59 Å². The Morgan fingerprint density at radius 3 is 2.63 bits per heavy atom. The smallest absolute Gasteiger partial charge is 0.317 e. The number of nitrogens with one attached hydrogen (secondary N) is 1. The lowest BCUT2D eigenvalue weighted by Gasteiger charge is -2.39. The van der Waals surface area contributed by atoms with Gasteiger partial charge in [-0.15, -0.1) is 11.3 Å². The van der Waals surface area contributed by atoms with E-state index in [4.69, 9.17) is 21.7 Å². The summed E-state index contributed by atoms with van der Waals surface area (Å²) in [5.41, 5.74) is 1.07. The molecule has 2 atom stereocenters. The van der Waals surface area contributed by atoms with Crippen molar-refractivity contribution in [2.24, 2.45) is 0 Å². The summed E-state index contributed by atoms with van der Waals surface area (Å²) in [6.45, 7) is 8.01. The molecule has 38 heavy (non-hydrogen) atoms. The summed E-state index contributed by atoms with van der Waals surface area (Å²) in [7, 11) is 0. The van der Waals surface area contributed by atoms with Gasteiger partial charge in [0.1, 0.15) is 11.5 Å². The van der Waals surface area contributed by atoms with Gasteiger partial charge in [0.25, 0.3) is 5.91 Å². The fourth-order valence-electron chi connectivity index (χ4n) is 4.93. The minimum atomic E-state index is -0.829. The van der Waals surface area contributed by atoms with E-state index in [0.717, 1.165) is 28.5 Å². The Hall–Kier alpha value is -2.64. The maximum atomic E-state index is 13.0. The number of carbonyl (C=O) groups excluding carboxylic acids is 1. The maximum Gasteiger partial charge on any atom is 0.317 e. The van der Waals surface area contributed by atoms with Crippen molar-refractivity contribution >= 4 is 57.1 Å². The van der Waals surface area contributed by atoms with Crippen LogP contribution in [0.3, 0.4) is 0 Å². The van der Waals surface area contributed by atoms with Gasteiger partial charge in [-0.3, -0.25) is 24.7 Å². The number of halogens is 1. The molecular formula is C25H30ClN7O3S2. The molecule has 2 aliphatic rings. The van der Waals surface area contributed by atoms with E-state index < -0.39 is 5.97 Å². The molecule has 202 valence electrons. The van der Waals surface area contributed by atoms with E-state index in [1.807, 2.05) is 23.3 Å². The first kappa shape index (κ1) is 26.9. The van der Waals surface area contributed by atoms with Crippen molar-refractivity contribution in [1.82, 2.24) is 24.8 Å². The molecule has 2 N–H and O–H groups in total. The summed E-state index contributed by atoms with van der Waals surface area (Å²) in [6, 6.07) is 2.50. The number of aromatic nitrogens is 3. The van der Waals surface area contributed by atoms with E-state index in [1.165, 1.54) is 30.4 Å². The molecule has 2 fully saturated rings. The van der Waals surface area contributed by atoms with Gasteiger partial charge in [-0.05, 0) is 39.3 Å². The Labute approximate surface area is 234 Å². The van der Waals surface area contributed by atoms with Gasteiger partial charge in [0.05, 0.1) is 34.5 Å². The van der Waals surface area contributed by atoms with Crippen LogP contribution in [0.5, 0.6) is 0 Å². The van der Waals surface area contributed by atoms with Gasteiger partial charge < -0.3 is 10.0 Å². The molecule has 0 bridgehead atoms. The Balaban J connectivity index is 1.27. The van der Waals surface area contributed by atoms with Crippen molar-refractivity contribution in [3.8, 4) is 10.6 Å². The lowest BCUT2D eigenvalue weighted by molar-refractivity contribution is -0.139. The Morgan fingerprint density at radius 1 is 1.16 bits per heavy atom. The van der Waals surface area contributed by atoms with Gasteiger partial charge >= 0.3 is 5.97 Å². The molecule has 13 heteroatoms. The number of anilines is 2. The molecule has 0 aliphatic carbocycles. The van der Waals surface area contributed by atoms with Crippen LogP contribution >= 0.6 is 34.3 Å². The third-order valence-corrected chi connectivity index (χ3v) is 9.29. The average molecular weight is 576 g/mol. The number of thiophene rings is 1. The number of piperazine rings is 1. The summed E-state index contributed by atoms with van der Waals surface area (Å²) >= 11 is 9.22. The Bertz CT molecular complexity index is 1300. The molecule has 0 spiro atoms. The van der Waals surface area contributed by atoms with Gasteiger partial charge in [0.15, 0.2) is 5.13 Å². The second-order valence-electron chi connectivity index (χ2n) is 9.75. The standard InChI is InChI=1S/C25H30ClN7O3S2/c1-15-4-3-5-31(15)12-20-23(19-8-17(26)14-37-19)29-25(38-20)30-24(36)18-9-28-21(10-27-18)33-7-6-32(13-22(34)35)16(2)11-33/h8-10,14-16H,3-7,11-13H2,1-2H3,(H,34,35)(H,29,30,36)/t15-,16+/m1/s1. The first-order valence-corrected chi connectivity index (χ1v) is 14.7. The number of likely N-dealkylation sites (tertiary alicyclic amines) is 1. The van der Waals surface area contributed by atoms with E-state index in [0.29, 0.717) is 41.6 Å². The number of rotatable bonds is 8. The summed E-state index contributed by atoms with van der Waals surface area (Å²) in [5.74, 6) is -0.532. The SMILES string of the molecule is C[C@@H]1CCCN1Cc1sc(NC(=O)c2cnc(N3CCN(CC(=O)O)[C@@H](C)C3)cn2)nc1-c1cc(Cl)cs1. The highest BCUT2D eigenvalue weighted by molar-refractivity contribution is 7.17. The van der Waals surface area contributed by atoms with E-state index in [2.05, 4.69) is 32.0 Å². The van der Waals surface area contributed by atoms with Crippen LogP contribution in [0.25, 0.3) is 10.6 Å². The first-order chi connectivity index (χ1) is 18.3. The lowest BCUT2D eigenvalue weighted by Crippen LogP contribution is -2.53. The highest BCUT2D eigenvalue weighted by Crippen LogP contribution is 2.37. The molecule has 0 unspecified atom stereocenters. The fourth-order valence-corrected chi connectivity index (χ4v) is 7.08. The van der Waals surface area contributed by atoms with Crippen molar-refractivity contribution in [1.29, 1.82) is 0 Å². The Kier molecular flexibility index (Phi) is 8.24. The topological polar surface area (TPSA) is 115 Å². The zero-order valence-corrected chi connectivity index (χ0v) is 23.7. The number of hydrogen-bond acceptors (Lipinski definition) is 10. The average Bonchev–Trinajstić information content (AvgIpc) is 3.61. The monoisotopic (exact) mass is 575 g/mol. The number of carboxylic acid groups (broad SMARTS) is 1. The number of amides is 1. The second-order valence-corrected chi connectivity index (χ2v) is 12.2. The maximum absolute atomic E-state index is 13.0. The van der Waals surface area contributed by atoms with E-state index >= 15 is 0 Å². The lowest BCUT2D eigenvalue weighted by atomic mass is 10.2. The number of nitrogens with zero attached hydrogens (tertiary/aromatic N) is 6. The molecule has 5 heterocycles. The van der Waals surface area contributed by atoms with Crippen LogP contribution in [-0.2, 0) is 11.3 Å².